The average molecular weight is 316 g/mol. The molecule has 1 aromatic heterocycles. The molecule has 0 aliphatic heterocycles. The van der Waals surface area contributed by atoms with Crippen molar-refractivity contribution in [2.24, 2.45) is 0 Å². The molecule has 0 atom stereocenters. The summed E-state index contributed by atoms with van der Waals surface area (Å²) < 4.78 is 0. The van der Waals surface area contributed by atoms with E-state index in [4.69, 9.17) is 5.11 Å². The van der Waals surface area contributed by atoms with E-state index in [1.807, 2.05) is 0 Å². The van der Waals surface area contributed by atoms with Crippen LogP contribution in [0, 0.1) is 10.1 Å². The molecule has 0 fully saturated rings. The minimum Gasteiger partial charge on any atom is -0.478 e. The van der Waals surface area contributed by atoms with E-state index < -0.39 is 10.9 Å². The molecule has 8 nitrogen and oxygen atoms in total. The average Bonchev–Trinajstić information content (AvgIpc) is 2.62. The summed E-state index contributed by atoms with van der Waals surface area (Å²) >= 11 is 0. The van der Waals surface area contributed by atoms with Crippen molar-refractivity contribution in [2.75, 3.05) is 0 Å². The summed E-state index contributed by atoms with van der Waals surface area (Å²) in [5.74, 6) is -1.28. The maximum absolute atomic E-state index is 10.8. The summed E-state index contributed by atoms with van der Waals surface area (Å²) in [4.78, 5) is 20.6. The standard InChI is InChI=1S/C7H4N4O4.Ag/c12-7(13)4-1-3(11(14)15)2-5-6(4)9-10-8-5;/h1-2H,(H,12,13)(H,8,9,10);/q;+1. The van der Waals surface area contributed by atoms with Crippen molar-refractivity contribution >= 4 is 22.7 Å². The Morgan fingerprint density at radius 1 is 1.44 bits per heavy atom. The molecule has 2 N–H and O–H groups in total. The summed E-state index contributed by atoms with van der Waals surface area (Å²) in [6.45, 7) is 0. The number of hydrogen-bond donors (Lipinski definition) is 2. The first-order chi connectivity index (χ1) is 7.09. The third kappa shape index (κ3) is 1.94. The van der Waals surface area contributed by atoms with E-state index >= 15 is 0 Å². The number of rotatable bonds is 2. The predicted octanol–water partition coefficient (Wildman–Crippen LogP) is 0.562. The van der Waals surface area contributed by atoms with Gasteiger partial charge in [-0.15, -0.1) is 0 Å². The number of benzene rings is 1. The van der Waals surface area contributed by atoms with Crippen molar-refractivity contribution in [1.29, 1.82) is 0 Å². The second kappa shape index (κ2) is 4.39. The number of nitro benzene ring substituents is 1. The minimum absolute atomic E-state index is 0. The minimum atomic E-state index is -1.28. The number of H-pyrrole nitrogens is 1. The van der Waals surface area contributed by atoms with Crippen LogP contribution >= 0.6 is 0 Å². The first-order valence-electron chi connectivity index (χ1n) is 3.82. The number of carboxylic acids is 1. The number of hydrogen-bond acceptors (Lipinski definition) is 5. The van der Waals surface area contributed by atoms with Crippen LogP contribution in [-0.4, -0.2) is 31.4 Å². The van der Waals surface area contributed by atoms with Gasteiger partial charge in [-0.25, -0.2) is 4.79 Å². The summed E-state index contributed by atoms with van der Waals surface area (Å²) in [7, 11) is 0. The number of nitro groups is 1. The van der Waals surface area contributed by atoms with Gasteiger partial charge in [-0.3, -0.25) is 10.1 Å². The quantitative estimate of drug-likeness (QED) is 0.474. The predicted molar refractivity (Wildman–Crippen MR) is 47.5 cm³/mol. The Hall–Kier alpha value is -1.77. The molecule has 1 heterocycles. The van der Waals surface area contributed by atoms with Gasteiger partial charge in [0, 0.05) is 12.1 Å². The molecule has 1 aromatic carbocycles. The largest absolute Gasteiger partial charge is 1.00 e. The first-order valence-corrected chi connectivity index (χ1v) is 3.82. The Bertz CT molecular complexity index is 567. The molecule has 0 aliphatic rings. The first kappa shape index (κ1) is 12.3. The Balaban J connectivity index is 0.00000128. The summed E-state index contributed by atoms with van der Waals surface area (Å²) in [5, 5.41) is 28.7. The molecule has 9 heteroatoms. The fraction of sp³-hybridized carbons (Fsp3) is 0. The maximum Gasteiger partial charge on any atom is 1.00 e. The number of carbonyl (C=O) groups is 1. The Morgan fingerprint density at radius 2 is 2.12 bits per heavy atom. The number of carboxylic acid groups (broad SMARTS) is 1. The third-order valence-electron chi connectivity index (χ3n) is 1.85. The zero-order chi connectivity index (χ0) is 11.0. The smallest absolute Gasteiger partial charge is 0.478 e. The summed E-state index contributed by atoms with van der Waals surface area (Å²) in [5.41, 5.74) is -0.309. The van der Waals surface area contributed by atoms with Crippen LogP contribution in [0.3, 0.4) is 0 Å². The molecule has 0 amide bonds. The van der Waals surface area contributed by atoms with Crippen LogP contribution in [0.5, 0.6) is 0 Å². The van der Waals surface area contributed by atoms with Gasteiger partial charge in [0.15, 0.2) is 0 Å². The fourth-order valence-corrected chi connectivity index (χ4v) is 1.20. The Labute approximate surface area is 103 Å². The van der Waals surface area contributed by atoms with Gasteiger partial charge in [-0.1, -0.05) is 0 Å². The zero-order valence-corrected chi connectivity index (χ0v) is 8.95. The van der Waals surface area contributed by atoms with E-state index in [0.717, 1.165) is 12.1 Å². The molecule has 0 unspecified atom stereocenters. The van der Waals surface area contributed by atoms with Crippen LogP contribution in [-0.2, 0) is 22.4 Å². The maximum atomic E-state index is 10.8. The normalized spacial score (nSPS) is 9.75. The molecule has 0 bridgehead atoms. The second-order valence-electron chi connectivity index (χ2n) is 2.75. The van der Waals surface area contributed by atoms with Gasteiger partial charge in [0.2, 0.25) is 0 Å². The second-order valence-corrected chi connectivity index (χ2v) is 2.75. The molecular weight excluding hydrogens is 312 g/mol. The SMILES string of the molecule is O=C(O)c1cc([N+](=O)[O-])cc2n[nH]nc12.[Ag+]. The van der Waals surface area contributed by atoms with E-state index in [1.54, 1.807) is 0 Å². The van der Waals surface area contributed by atoms with Gasteiger partial charge in [-0.05, 0) is 0 Å². The Kier molecular flexibility index (Phi) is 3.38. The molecule has 0 radical (unpaired) electrons. The number of aromatic amines is 1. The van der Waals surface area contributed by atoms with Crippen LogP contribution in [0.2, 0.25) is 0 Å². The molecule has 2 rings (SSSR count). The molecule has 0 spiro atoms. The summed E-state index contributed by atoms with van der Waals surface area (Å²) in [6, 6.07) is 2.11. The van der Waals surface area contributed by atoms with Crippen LogP contribution in [0.4, 0.5) is 5.69 Å². The molecule has 16 heavy (non-hydrogen) atoms. The number of aromatic nitrogens is 3. The van der Waals surface area contributed by atoms with Crippen molar-refractivity contribution in [3.63, 3.8) is 0 Å². The van der Waals surface area contributed by atoms with Crippen molar-refractivity contribution in [1.82, 2.24) is 15.4 Å². The van der Waals surface area contributed by atoms with Crippen LogP contribution in [0.15, 0.2) is 12.1 Å². The van der Waals surface area contributed by atoms with E-state index in [-0.39, 0.29) is 44.7 Å². The van der Waals surface area contributed by atoms with E-state index in [0.29, 0.717) is 0 Å². The summed E-state index contributed by atoms with van der Waals surface area (Å²) in [6.07, 6.45) is 0. The molecule has 0 saturated carbocycles. The number of nitrogens with one attached hydrogen (secondary N) is 1. The van der Waals surface area contributed by atoms with Crippen molar-refractivity contribution in [3.05, 3.63) is 27.8 Å². The number of aromatic carboxylic acids is 1. The van der Waals surface area contributed by atoms with Gasteiger partial charge in [-0.2, -0.15) is 15.4 Å². The van der Waals surface area contributed by atoms with Gasteiger partial charge in [0.05, 0.1) is 10.5 Å². The van der Waals surface area contributed by atoms with E-state index in [9.17, 15) is 14.9 Å². The van der Waals surface area contributed by atoms with Crippen molar-refractivity contribution in [2.45, 2.75) is 0 Å². The van der Waals surface area contributed by atoms with Gasteiger partial charge >= 0.3 is 28.3 Å². The number of nitrogens with zero attached hydrogens (tertiary/aromatic N) is 3. The van der Waals surface area contributed by atoms with Crippen LogP contribution in [0.25, 0.3) is 11.0 Å². The van der Waals surface area contributed by atoms with Gasteiger partial charge in [0.25, 0.3) is 5.69 Å². The van der Waals surface area contributed by atoms with E-state index in [1.165, 1.54) is 0 Å². The zero-order valence-electron chi connectivity index (χ0n) is 7.47. The molecule has 2 aromatic rings. The van der Waals surface area contributed by atoms with Crippen LogP contribution in [0.1, 0.15) is 10.4 Å². The molecular formula is C7H4AgN4O4+. The van der Waals surface area contributed by atoms with Crippen LogP contribution < -0.4 is 0 Å². The third-order valence-corrected chi connectivity index (χ3v) is 1.85. The number of fused-ring (bicyclic) bond motifs is 1. The monoisotopic (exact) mass is 315 g/mol. The topological polar surface area (TPSA) is 122 Å². The molecule has 86 valence electrons. The van der Waals surface area contributed by atoms with Crippen molar-refractivity contribution in [3.8, 4) is 0 Å². The Morgan fingerprint density at radius 3 is 2.69 bits per heavy atom. The number of non-ortho nitro benzene ring substituents is 1. The van der Waals surface area contributed by atoms with Gasteiger partial charge in [0.1, 0.15) is 11.0 Å². The molecule has 0 aliphatic carbocycles. The van der Waals surface area contributed by atoms with E-state index in [2.05, 4.69) is 15.4 Å². The fourth-order valence-electron chi connectivity index (χ4n) is 1.20. The van der Waals surface area contributed by atoms with Gasteiger partial charge < -0.3 is 5.11 Å². The molecule has 0 saturated heterocycles. The van der Waals surface area contributed by atoms with Crippen molar-refractivity contribution < 1.29 is 37.2 Å².